The van der Waals surface area contributed by atoms with E-state index in [4.69, 9.17) is 5.26 Å². The van der Waals surface area contributed by atoms with E-state index in [0.29, 0.717) is 11.8 Å². The van der Waals surface area contributed by atoms with E-state index in [-0.39, 0.29) is 0 Å². The van der Waals surface area contributed by atoms with E-state index in [1.54, 1.807) is 0 Å². The van der Waals surface area contributed by atoms with Crippen molar-refractivity contribution in [2.45, 2.75) is 64.8 Å². The van der Waals surface area contributed by atoms with Crippen LogP contribution in [0.15, 0.2) is 0 Å². The molecule has 0 saturated heterocycles. The SMILES string of the molecule is CC1(C)CCC(NCCCCC#N)CC1. The summed E-state index contributed by atoms with van der Waals surface area (Å²) in [5.74, 6) is 0. The highest BCUT2D eigenvalue weighted by molar-refractivity contribution is 4.82. The molecule has 0 aromatic carbocycles. The zero-order chi connectivity index (χ0) is 11.1. The van der Waals surface area contributed by atoms with E-state index in [0.717, 1.165) is 25.4 Å². The first-order valence-corrected chi connectivity index (χ1v) is 6.24. The third-order valence-electron chi connectivity index (χ3n) is 3.49. The van der Waals surface area contributed by atoms with Crippen LogP contribution in [0.25, 0.3) is 0 Å². The van der Waals surface area contributed by atoms with Crippen molar-refractivity contribution in [1.29, 1.82) is 5.26 Å². The van der Waals surface area contributed by atoms with Crippen LogP contribution in [0.5, 0.6) is 0 Å². The van der Waals surface area contributed by atoms with Gasteiger partial charge in [-0.2, -0.15) is 5.26 Å². The van der Waals surface area contributed by atoms with E-state index < -0.39 is 0 Å². The molecular weight excluding hydrogens is 184 g/mol. The number of nitrogens with zero attached hydrogens (tertiary/aromatic N) is 1. The van der Waals surface area contributed by atoms with E-state index in [1.165, 1.54) is 25.7 Å². The summed E-state index contributed by atoms with van der Waals surface area (Å²) in [7, 11) is 0. The first-order valence-electron chi connectivity index (χ1n) is 6.24. The molecule has 15 heavy (non-hydrogen) atoms. The summed E-state index contributed by atoms with van der Waals surface area (Å²) in [5, 5.41) is 12.0. The average molecular weight is 208 g/mol. The van der Waals surface area contributed by atoms with Gasteiger partial charge in [-0.3, -0.25) is 0 Å². The van der Waals surface area contributed by atoms with Crippen molar-refractivity contribution in [3.05, 3.63) is 0 Å². The summed E-state index contributed by atoms with van der Waals surface area (Å²) < 4.78 is 0. The fourth-order valence-corrected chi connectivity index (χ4v) is 2.24. The molecule has 0 unspecified atom stereocenters. The molecule has 1 N–H and O–H groups in total. The monoisotopic (exact) mass is 208 g/mol. The Morgan fingerprint density at radius 3 is 2.53 bits per heavy atom. The molecular formula is C13H24N2. The van der Waals surface area contributed by atoms with Gasteiger partial charge in [0.2, 0.25) is 0 Å². The Morgan fingerprint density at radius 1 is 1.27 bits per heavy atom. The Balaban J connectivity index is 2.02. The molecule has 1 aliphatic rings. The molecule has 0 aromatic heterocycles. The molecule has 86 valence electrons. The summed E-state index contributed by atoms with van der Waals surface area (Å²) in [5.41, 5.74) is 0.568. The van der Waals surface area contributed by atoms with Gasteiger partial charge < -0.3 is 5.32 Å². The van der Waals surface area contributed by atoms with Crippen LogP contribution in [-0.4, -0.2) is 12.6 Å². The lowest BCUT2D eigenvalue weighted by molar-refractivity contribution is 0.206. The molecule has 0 radical (unpaired) electrons. The second kappa shape index (κ2) is 6.12. The summed E-state index contributed by atoms with van der Waals surface area (Å²) in [6, 6.07) is 2.93. The second-order valence-electron chi connectivity index (χ2n) is 5.51. The molecule has 2 nitrogen and oxygen atoms in total. The van der Waals surface area contributed by atoms with Gasteiger partial charge in [0.1, 0.15) is 0 Å². The van der Waals surface area contributed by atoms with Crippen LogP contribution in [0, 0.1) is 16.7 Å². The maximum absolute atomic E-state index is 8.40. The number of rotatable bonds is 5. The van der Waals surface area contributed by atoms with Crippen molar-refractivity contribution in [1.82, 2.24) is 5.32 Å². The van der Waals surface area contributed by atoms with Crippen molar-refractivity contribution in [2.24, 2.45) is 5.41 Å². The number of unbranched alkanes of at least 4 members (excludes halogenated alkanes) is 2. The molecule has 1 saturated carbocycles. The summed E-state index contributed by atoms with van der Waals surface area (Å²) in [4.78, 5) is 0. The normalized spacial score (nSPS) is 21.1. The van der Waals surface area contributed by atoms with Crippen LogP contribution >= 0.6 is 0 Å². The van der Waals surface area contributed by atoms with Crippen molar-refractivity contribution in [2.75, 3.05) is 6.54 Å². The molecule has 2 heteroatoms. The molecule has 0 aromatic rings. The lowest BCUT2D eigenvalue weighted by Gasteiger charge is -2.34. The van der Waals surface area contributed by atoms with Gasteiger partial charge >= 0.3 is 0 Å². The third kappa shape index (κ3) is 5.18. The molecule has 0 amide bonds. The Kier molecular flexibility index (Phi) is 5.11. The maximum Gasteiger partial charge on any atom is 0.0621 e. The minimum atomic E-state index is 0.568. The quantitative estimate of drug-likeness (QED) is 0.704. The van der Waals surface area contributed by atoms with Crippen LogP contribution in [0.3, 0.4) is 0 Å². The van der Waals surface area contributed by atoms with Crippen LogP contribution < -0.4 is 5.32 Å². The van der Waals surface area contributed by atoms with Crippen LogP contribution in [0.4, 0.5) is 0 Å². The molecule has 0 bridgehead atoms. The van der Waals surface area contributed by atoms with E-state index in [2.05, 4.69) is 25.2 Å². The van der Waals surface area contributed by atoms with Gasteiger partial charge in [0.15, 0.2) is 0 Å². The Labute approximate surface area is 94.1 Å². The Bertz CT molecular complexity index is 205. The third-order valence-corrected chi connectivity index (χ3v) is 3.49. The van der Waals surface area contributed by atoms with Crippen molar-refractivity contribution in [3.63, 3.8) is 0 Å². The molecule has 0 aliphatic heterocycles. The molecule has 1 rings (SSSR count). The molecule has 1 fully saturated rings. The van der Waals surface area contributed by atoms with Crippen LogP contribution in [-0.2, 0) is 0 Å². The van der Waals surface area contributed by atoms with Gasteiger partial charge in [0.25, 0.3) is 0 Å². The van der Waals surface area contributed by atoms with E-state index in [1.807, 2.05) is 0 Å². The maximum atomic E-state index is 8.40. The van der Waals surface area contributed by atoms with Gasteiger partial charge in [-0.25, -0.2) is 0 Å². The highest BCUT2D eigenvalue weighted by Crippen LogP contribution is 2.34. The molecule has 0 atom stereocenters. The standard InChI is InChI=1S/C13H24N2/c1-13(2)8-6-12(7-9-13)15-11-5-3-4-10-14/h12,15H,3-9,11H2,1-2H3. The lowest BCUT2D eigenvalue weighted by Crippen LogP contribution is -2.36. The average Bonchev–Trinajstić information content (AvgIpc) is 2.20. The second-order valence-corrected chi connectivity index (χ2v) is 5.51. The van der Waals surface area contributed by atoms with Gasteiger partial charge in [0, 0.05) is 12.5 Å². The van der Waals surface area contributed by atoms with Crippen molar-refractivity contribution in [3.8, 4) is 6.07 Å². The topological polar surface area (TPSA) is 35.8 Å². The minimum absolute atomic E-state index is 0.568. The zero-order valence-electron chi connectivity index (χ0n) is 10.2. The molecule has 0 spiro atoms. The Morgan fingerprint density at radius 2 is 1.93 bits per heavy atom. The van der Waals surface area contributed by atoms with E-state index in [9.17, 15) is 0 Å². The Hall–Kier alpha value is -0.550. The lowest BCUT2D eigenvalue weighted by atomic mass is 9.75. The number of nitrogens with one attached hydrogen (secondary N) is 1. The van der Waals surface area contributed by atoms with Crippen molar-refractivity contribution < 1.29 is 0 Å². The smallest absolute Gasteiger partial charge is 0.0621 e. The van der Waals surface area contributed by atoms with Gasteiger partial charge in [-0.1, -0.05) is 13.8 Å². The highest BCUT2D eigenvalue weighted by atomic mass is 14.9. The highest BCUT2D eigenvalue weighted by Gasteiger charge is 2.25. The molecule has 1 aliphatic carbocycles. The summed E-state index contributed by atoms with van der Waals surface area (Å²) in [6.45, 7) is 5.83. The van der Waals surface area contributed by atoms with Gasteiger partial charge in [0.05, 0.1) is 6.07 Å². The van der Waals surface area contributed by atoms with Crippen LogP contribution in [0.2, 0.25) is 0 Å². The summed E-state index contributed by atoms with van der Waals surface area (Å²) >= 11 is 0. The van der Waals surface area contributed by atoms with Gasteiger partial charge in [-0.05, 0) is 50.5 Å². The number of hydrogen-bond acceptors (Lipinski definition) is 2. The first kappa shape index (κ1) is 12.5. The number of nitriles is 1. The van der Waals surface area contributed by atoms with Gasteiger partial charge in [-0.15, -0.1) is 0 Å². The van der Waals surface area contributed by atoms with Crippen molar-refractivity contribution >= 4 is 0 Å². The van der Waals surface area contributed by atoms with E-state index >= 15 is 0 Å². The fraction of sp³-hybridized carbons (Fsp3) is 0.923. The summed E-state index contributed by atoms with van der Waals surface area (Å²) in [6.07, 6.45) is 8.25. The predicted molar refractivity (Wildman–Crippen MR) is 63.5 cm³/mol. The fourth-order valence-electron chi connectivity index (χ4n) is 2.24. The molecule has 0 heterocycles. The largest absolute Gasteiger partial charge is 0.314 e. The zero-order valence-corrected chi connectivity index (χ0v) is 10.2. The predicted octanol–water partition coefficient (Wildman–Crippen LogP) is 3.24. The first-order chi connectivity index (χ1) is 7.14. The number of hydrogen-bond donors (Lipinski definition) is 1. The minimum Gasteiger partial charge on any atom is -0.314 e. The van der Waals surface area contributed by atoms with Crippen LogP contribution in [0.1, 0.15) is 58.8 Å².